The molecule has 1 aromatic rings. The van der Waals surface area contributed by atoms with E-state index in [1.165, 1.54) is 0 Å². The molecule has 2 unspecified atom stereocenters. The van der Waals surface area contributed by atoms with Crippen molar-refractivity contribution < 1.29 is 9.13 Å². The molecular weight excluding hydrogens is 446 g/mol. The molecule has 0 aromatic heterocycles. The van der Waals surface area contributed by atoms with Crippen molar-refractivity contribution in [2.75, 3.05) is 33.2 Å². The Balaban J connectivity index is 0.00000338. The largest absolute Gasteiger partial charge is 0.373 e. The zero-order valence-electron chi connectivity index (χ0n) is 16.2. The lowest BCUT2D eigenvalue weighted by Crippen LogP contribution is -2.46. The van der Waals surface area contributed by atoms with Gasteiger partial charge in [-0.15, -0.1) is 24.0 Å². The minimum Gasteiger partial charge on any atom is -0.373 e. The number of ether oxygens (including phenoxy) is 1. The number of hydrogen-bond donors (Lipinski definition) is 2. The molecule has 1 heterocycles. The number of aliphatic imine (C=N–C) groups is 1. The Morgan fingerprint density at radius 1 is 1.27 bits per heavy atom. The summed E-state index contributed by atoms with van der Waals surface area (Å²) in [4.78, 5) is 6.67. The van der Waals surface area contributed by atoms with Crippen LogP contribution in [0.25, 0.3) is 0 Å². The third-order valence-corrected chi connectivity index (χ3v) is 4.36. The Kier molecular flexibility index (Phi) is 10.4. The number of morpholine rings is 1. The van der Waals surface area contributed by atoms with Crippen molar-refractivity contribution >= 4 is 29.9 Å². The molecule has 0 spiro atoms. The Bertz CT molecular complexity index is 575. The quantitative estimate of drug-likeness (QED) is 0.286. The fourth-order valence-electron chi connectivity index (χ4n) is 3.13. The zero-order valence-corrected chi connectivity index (χ0v) is 18.5. The topological polar surface area (TPSA) is 48.9 Å². The van der Waals surface area contributed by atoms with Gasteiger partial charge < -0.3 is 15.4 Å². The van der Waals surface area contributed by atoms with Gasteiger partial charge in [0.15, 0.2) is 5.96 Å². The molecule has 2 N–H and O–H groups in total. The highest BCUT2D eigenvalue weighted by atomic mass is 127. The number of halogens is 2. The molecule has 148 valence electrons. The molecule has 1 fully saturated rings. The van der Waals surface area contributed by atoms with Gasteiger partial charge >= 0.3 is 0 Å². The number of nitrogens with zero attached hydrogens (tertiary/aromatic N) is 2. The van der Waals surface area contributed by atoms with Crippen molar-refractivity contribution in [1.82, 2.24) is 15.5 Å². The molecule has 1 aliphatic rings. The van der Waals surface area contributed by atoms with Gasteiger partial charge in [-0.1, -0.05) is 12.1 Å². The summed E-state index contributed by atoms with van der Waals surface area (Å²) >= 11 is 0. The van der Waals surface area contributed by atoms with Crippen LogP contribution in [0.4, 0.5) is 4.39 Å². The summed E-state index contributed by atoms with van der Waals surface area (Å²) in [6.07, 6.45) is 1.65. The average Bonchev–Trinajstić information content (AvgIpc) is 2.56. The molecule has 0 saturated carbocycles. The number of aryl methyl sites for hydroxylation is 1. The lowest BCUT2D eigenvalue weighted by atomic mass is 10.1. The third-order valence-electron chi connectivity index (χ3n) is 4.36. The van der Waals surface area contributed by atoms with E-state index in [0.717, 1.165) is 44.1 Å². The summed E-state index contributed by atoms with van der Waals surface area (Å²) in [7, 11) is 1.75. The van der Waals surface area contributed by atoms with Crippen LogP contribution in [0.3, 0.4) is 0 Å². The highest BCUT2D eigenvalue weighted by molar-refractivity contribution is 14.0. The van der Waals surface area contributed by atoms with Crippen molar-refractivity contribution in [3.8, 4) is 0 Å². The maximum Gasteiger partial charge on any atom is 0.191 e. The van der Waals surface area contributed by atoms with Crippen LogP contribution >= 0.6 is 24.0 Å². The summed E-state index contributed by atoms with van der Waals surface area (Å²) < 4.78 is 19.3. The van der Waals surface area contributed by atoms with E-state index in [1.807, 2.05) is 6.07 Å². The van der Waals surface area contributed by atoms with E-state index in [0.29, 0.717) is 24.3 Å². The summed E-state index contributed by atoms with van der Waals surface area (Å²) in [5.41, 5.74) is 1.57. The van der Waals surface area contributed by atoms with Crippen LogP contribution in [-0.2, 0) is 11.3 Å². The average molecular weight is 478 g/mol. The number of benzene rings is 1. The minimum atomic E-state index is -0.170. The van der Waals surface area contributed by atoms with Gasteiger partial charge in [-0.3, -0.25) is 9.89 Å². The maximum atomic E-state index is 13.6. The predicted molar refractivity (Wildman–Crippen MR) is 116 cm³/mol. The summed E-state index contributed by atoms with van der Waals surface area (Å²) in [6.45, 7) is 10.5. The molecule has 2 atom stereocenters. The van der Waals surface area contributed by atoms with Gasteiger partial charge in [0.05, 0.1) is 12.2 Å². The molecule has 7 heteroatoms. The van der Waals surface area contributed by atoms with Crippen LogP contribution in [-0.4, -0.2) is 56.3 Å². The van der Waals surface area contributed by atoms with Gasteiger partial charge in [0, 0.05) is 39.8 Å². The summed E-state index contributed by atoms with van der Waals surface area (Å²) in [5, 5.41) is 6.54. The van der Waals surface area contributed by atoms with Gasteiger partial charge in [-0.25, -0.2) is 4.39 Å². The molecule has 26 heavy (non-hydrogen) atoms. The monoisotopic (exact) mass is 478 g/mol. The van der Waals surface area contributed by atoms with E-state index in [2.05, 4.69) is 34.4 Å². The lowest BCUT2D eigenvalue weighted by Gasteiger charge is -2.35. The van der Waals surface area contributed by atoms with Crippen LogP contribution in [0.5, 0.6) is 0 Å². The van der Waals surface area contributed by atoms with Crippen LogP contribution < -0.4 is 10.6 Å². The molecule has 1 aromatic carbocycles. The molecule has 1 aliphatic heterocycles. The first kappa shape index (κ1) is 23.1. The van der Waals surface area contributed by atoms with Crippen molar-refractivity contribution in [3.63, 3.8) is 0 Å². The number of hydrogen-bond acceptors (Lipinski definition) is 3. The second-order valence-corrected chi connectivity index (χ2v) is 6.81. The summed E-state index contributed by atoms with van der Waals surface area (Å²) in [6, 6.07) is 5.29. The van der Waals surface area contributed by atoms with Crippen molar-refractivity contribution in [2.45, 2.75) is 45.9 Å². The molecule has 2 rings (SSSR count). The number of guanidine groups is 1. The Morgan fingerprint density at radius 3 is 2.58 bits per heavy atom. The van der Waals surface area contributed by atoms with Crippen LogP contribution in [0, 0.1) is 12.7 Å². The second-order valence-electron chi connectivity index (χ2n) is 6.81. The first-order chi connectivity index (χ1) is 12.0. The first-order valence-electron chi connectivity index (χ1n) is 9.05. The predicted octanol–water partition coefficient (Wildman–Crippen LogP) is 2.92. The normalized spacial score (nSPS) is 21.2. The van der Waals surface area contributed by atoms with Crippen LogP contribution in [0.15, 0.2) is 23.2 Å². The van der Waals surface area contributed by atoms with Crippen molar-refractivity contribution in [3.05, 3.63) is 35.1 Å². The van der Waals surface area contributed by atoms with E-state index >= 15 is 0 Å². The second kappa shape index (κ2) is 11.7. The standard InChI is InChI=1S/C19H31FN4O.HI/c1-14-6-7-17(10-18(14)20)11-23-19(21-4)22-8-5-9-24-12-15(2)25-16(3)13-24;/h6-7,10,15-16H,5,8-9,11-13H2,1-4H3,(H2,21,22,23);1H. The molecule has 5 nitrogen and oxygen atoms in total. The molecule has 0 amide bonds. The summed E-state index contributed by atoms with van der Waals surface area (Å²) in [5.74, 6) is 0.570. The van der Waals surface area contributed by atoms with Gasteiger partial charge in [0.1, 0.15) is 5.82 Å². The van der Waals surface area contributed by atoms with Crippen LogP contribution in [0.2, 0.25) is 0 Å². The van der Waals surface area contributed by atoms with Crippen molar-refractivity contribution in [2.24, 2.45) is 4.99 Å². The van der Waals surface area contributed by atoms with Crippen molar-refractivity contribution in [1.29, 1.82) is 0 Å². The molecule has 0 bridgehead atoms. The van der Waals surface area contributed by atoms with Gasteiger partial charge in [-0.05, 0) is 44.4 Å². The molecule has 0 radical (unpaired) electrons. The first-order valence-corrected chi connectivity index (χ1v) is 9.05. The Hall–Kier alpha value is -0.930. The maximum absolute atomic E-state index is 13.6. The smallest absolute Gasteiger partial charge is 0.191 e. The van der Waals surface area contributed by atoms with Crippen LogP contribution in [0.1, 0.15) is 31.4 Å². The lowest BCUT2D eigenvalue weighted by molar-refractivity contribution is -0.0679. The van der Waals surface area contributed by atoms with Gasteiger partial charge in [-0.2, -0.15) is 0 Å². The van der Waals surface area contributed by atoms with E-state index in [-0.39, 0.29) is 29.8 Å². The van der Waals surface area contributed by atoms with E-state index < -0.39 is 0 Å². The Labute approximate surface area is 173 Å². The number of rotatable bonds is 6. The zero-order chi connectivity index (χ0) is 18.2. The SMILES string of the molecule is CN=C(NCCCN1CC(C)OC(C)C1)NCc1ccc(C)c(F)c1.I. The highest BCUT2D eigenvalue weighted by Crippen LogP contribution is 2.10. The fraction of sp³-hybridized carbons (Fsp3) is 0.632. The number of nitrogens with one attached hydrogen (secondary N) is 2. The van der Waals surface area contributed by atoms with E-state index in [9.17, 15) is 4.39 Å². The molecular formula is C19H32FIN4O. The molecule has 1 saturated heterocycles. The van der Waals surface area contributed by atoms with E-state index in [4.69, 9.17) is 4.74 Å². The molecule has 0 aliphatic carbocycles. The highest BCUT2D eigenvalue weighted by Gasteiger charge is 2.21. The minimum absolute atomic E-state index is 0. The fourth-order valence-corrected chi connectivity index (χ4v) is 3.13. The Morgan fingerprint density at radius 2 is 1.96 bits per heavy atom. The van der Waals surface area contributed by atoms with Gasteiger partial charge in [0.25, 0.3) is 0 Å². The third kappa shape index (κ3) is 7.75. The van der Waals surface area contributed by atoms with E-state index in [1.54, 1.807) is 26.1 Å². The van der Waals surface area contributed by atoms with Gasteiger partial charge in [0.2, 0.25) is 0 Å².